The normalized spacial score (nSPS) is 11.9. The van der Waals surface area contributed by atoms with Crippen LogP contribution in [0.2, 0.25) is 0 Å². The average Bonchev–Trinajstić information content (AvgIpc) is 1.85. The average molecular weight is 200 g/mol. The molecular weight excluding hydrogens is 197 g/mol. The van der Waals surface area contributed by atoms with Gasteiger partial charge in [0.2, 0.25) is 0 Å². The fourth-order valence-corrected chi connectivity index (χ4v) is 1.04. The molecule has 12 heavy (non-hydrogen) atoms. The molecule has 0 aromatic heterocycles. The van der Waals surface area contributed by atoms with Crippen molar-refractivity contribution in [2.45, 2.75) is 4.90 Å². The first-order valence-electron chi connectivity index (χ1n) is 2.65. The maximum Gasteiger partial charge on any atom is 1.00 e. The van der Waals surface area contributed by atoms with Crippen molar-refractivity contribution in [3.63, 3.8) is 0 Å². The predicted octanol–water partition coefficient (Wildman–Crippen LogP) is -1.79. The molecular formula is C6H3F2NaO2S. The maximum absolute atomic E-state index is 12.3. The summed E-state index contributed by atoms with van der Waals surface area (Å²) in [4.78, 5) is -0.387. The van der Waals surface area contributed by atoms with Gasteiger partial charge in [-0.15, -0.1) is 0 Å². The van der Waals surface area contributed by atoms with Crippen molar-refractivity contribution in [2.75, 3.05) is 0 Å². The number of halogens is 2. The second kappa shape index (κ2) is 5.04. The van der Waals surface area contributed by atoms with Crippen LogP contribution in [0.3, 0.4) is 0 Å². The second-order valence-corrected chi connectivity index (χ2v) is 2.78. The number of rotatable bonds is 1. The fraction of sp³-hybridized carbons (Fsp3) is 0. The molecule has 2 nitrogen and oxygen atoms in total. The summed E-state index contributed by atoms with van der Waals surface area (Å²) in [5.41, 5.74) is 0. The molecule has 0 amide bonds. The van der Waals surface area contributed by atoms with Crippen molar-refractivity contribution in [1.82, 2.24) is 0 Å². The molecule has 6 heteroatoms. The van der Waals surface area contributed by atoms with Crippen LogP contribution in [0.1, 0.15) is 0 Å². The Kier molecular flexibility index (Phi) is 5.12. The largest absolute Gasteiger partial charge is 1.00 e. The Morgan fingerprint density at radius 2 is 1.58 bits per heavy atom. The van der Waals surface area contributed by atoms with Gasteiger partial charge in [0.1, 0.15) is 11.6 Å². The monoisotopic (exact) mass is 200 g/mol. The zero-order valence-electron chi connectivity index (χ0n) is 6.21. The van der Waals surface area contributed by atoms with Gasteiger partial charge in [-0.05, 0) is 23.2 Å². The molecule has 0 saturated carbocycles. The number of benzene rings is 1. The van der Waals surface area contributed by atoms with E-state index in [2.05, 4.69) is 0 Å². The molecule has 0 aliphatic heterocycles. The molecule has 1 unspecified atom stereocenters. The molecule has 0 N–H and O–H groups in total. The molecule has 0 aliphatic rings. The minimum atomic E-state index is -2.58. The van der Waals surface area contributed by atoms with Crippen LogP contribution in [0.15, 0.2) is 23.1 Å². The van der Waals surface area contributed by atoms with Crippen LogP contribution in [0.25, 0.3) is 0 Å². The summed E-state index contributed by atoms with van der Waals surface area (Å²) < 4.78 is 44.9. The third-order valence-electron chi connectivity index (χ3n) is 1.03. The molecule has 1 aromatic rings. The Morgan fingerprint density at radius 1 is 1.17 bits per heavy atom. The summed E-state index contributed by atoms with van der Waals surface area (Å²) in [5, 5.41) is 0. The first kappa shape index (κ1) is 12.2. The molecule has 60 valence electrons. The van der Waals surface area contributed by atoms with Gasteiger partial charge < -0.3 is 4.55 Å². The first-order chi connectivity index (χ1) is 5.09. The van der Waals surface area contributed by atoms with Crippen molar-refractivity contribution in [2.24, 2.45) is 0 Å². The molecule has 0 heterocycles. The van der Waals surface area contributed by atoms with Crippen LogP contribution >= 0.6 is 0 Å². The molecule has 0 fully saturated rings. The van der Waals surface area contributed by atoms with Crippen LogP contribution in [-0.4, -0.2) is 8.76 Å². The van der Waals surface area contributed by atoms with Crippen molar-refractivity contribution in [3.8, 4) is 0 Å². The van der Waals surface area contributed by atoms with Crippen LogP contribution in [-0.2, 0) is 11.1 Å². The van der Waals surface area contributed by atoms with Gasteiger partial charge in [-0.2, -0.15) is 0 Å². The Bertz CT molecular complexity index is 285. The van der Waals surface area contributed by atoms with Crippen molar-refractivity contribution < 1.29 is 47.1 Å². The molecule has 0 spiro atoms. The van der Waals surface area contributed by atoms with Gasteiger partial charge in [0.15, 0.2) is 0 Å². The summed E-state index contributed by atoms with van der Waals surface area (Å²) in [6.45, 7) is 0. The molecule has 0 radical (unpaired) electrons. The van der Waals surface area contributed by atoms with Crippen LogP contribution in [0.4, 0.5) is 8.78 Å². The van der Waals surface area contributed by atoms with Gasteiger partial charge in [0.25, 0.3) is 0 Å². The topological polar surface area (TPSA) is 40.1 Å². The molecule has 0 aliphatic carbocycles. The van der Waals surface area contributed by atoms with Crippen LogP contribution in [0, 0.1) is 11.6 Å². The zero-order chi connectivity index (χ0) is 8.43. The van der Waals surface area contributed by atoms with E-state index in [9.17, 15) is 17.5 Å². The molecule has 1 rings (SSSR count). The van der Waals surface area contributed by atoms with E-state index in [1.807, 2.05) is 0 Å². The Labute approximate surface area is 92.6 Å². The van der Waals surface area contributed by atoms with Crippen molar-refractivity contribution in [3.05, 3.63) is 29.8 Å². The summed E-state index contributed by atoms with van der Waals surface area (Å²) in [7, 11) is 0. The maximum atomic E-state index is 12.3. The van der Waals surface area contributed by atoms with Gasteiger partial charge in [0.05, 0.1) is 0 Å². The van der Waals surface area contributed by atoms with E-state index in [1.165, 1.54) is 0 Å². The molecule has 0 bridgehead atoms. The molecule has 1 aromatic carbocycles. The molecule has 1 atom stereocenters. The van der Waals surface area contributed by atoms with Crippen LogP contribution in [0.5, 0.6) is 0 Å². The standard InChI is InChI=1S/C6H4F2O2S.Na/c7-4-1-5(8)3-6(2-4)11(9)10;/h1-3H,(H,9,10);/q;+1/p-1. The van der Waals surface area contributed by atoms with E-state index in [0.29, 0.717) is 6.07 Å². The minimum Gasteiger partial charge on any atom is -0.768 e. The number of hydrogen-bond acceptors (Lipinski definition) is 2. The van der Waals surface area contributed by atoms with Gasteiger partial charge in [-0.25, -0.2) is 8.78 Å². The number of hydrogen-bond donors (Lipinski definition) is 0. The van der Waals surface area contributed by atoms with E-state index >= 15 is 0 Å². The van der Waals surface area contributed by atoms with Crippen molar-refractivity contribution >= 4 is 11.1 Å². The van der Waals surface area contributed by atoms with E-state index in [1.54, 1.807) is 0 Å². The minimum absolute atomic E-state index is 0. The van der Waals surface area contributed by atoms with E-state index in [-0.39, 0.29) is 34.5 Å². The Hall–Kier alpha value is 0.190. The predicted molar refractivity (Wildman–Crippen MR) is 33.5 cm³/mol. The van der Waals surface area contributed by atoms with E-state index < -0.39 is 22.7 Å². The quantitative estimate of drug-likeness (QED) is 0.396. The van der Waals surface area contributed by atoms with Crippen molar-refractivity contribution in [1.29, 1.82) is 0 Å². The Morgan fingerprint density at radius 3 is 1.92 bits per heavy atom. The van der Waals surface area contributed by atoms with Crippen LogP contribution < -0.4 is 29.6 Å². The summed E-state index contributed by atoms with van der Waals surface area (Å²) >= 11 is -2.58. The second-order valence-electron chi connectivity index (χ2n) is 1.84. The fourth-order valence-electron chi connectivity index (χ4n) is 0.625. The van der Waals surface area contributed by atoms with Gasteiger partial charge in [-0.3, -0.25) is 4.21 Å². The summed E-state index contributed by atoms with van der Waals surface area (Å²) in [6.07, 6.45) is 0. The van der Waals surface area contributed by atoms with E-state index in [4.69, 9.17) is 0 Å². The summed E-state index contributed by atoms with van der Waals surface area (Å²) in [5.74, 6) is -1.80. The SMILES string of the molecule is O=S([O-])c1cc(F)cc(F)c1.[Na+]. The van der Waals surface area contributed by atoms with Gasteiger partial charge in [-0.1, -0.05) is 0 Å². The first-order valence-corrected chi connectivity index (χ1v) is 3.72. The van der Waals surface area contributed by atoms with Gasteiger partial charge >= 0.3 is 29.6 Å². The zero-order valence-corrected chi connectivity index (χ0v) is 9.03. The third kappa shape index (κ3) is 3.28. The molecule has 0 saturated heterocycles. The summed E-state index contributed by atoms with van der Waals surface area (Å²) in [6, 6.07) is 2.09. The smallest absolute Gasteiger partial charge is 0.768 e. The third-order valence-corrected chi connectivity index (χ3v) is 1.65. The Balaban J connectivity index is 0.00000121. The van der Waals surface area contributed by atoms with Gasteiger partial charge in [0, 0.05) is 11.0 Å². The van der Waals surface area contributed by atoms with E-state index in [0.717, 1.165) is 12.1 Å².